The first kappa shape index (κ1) is 25.5. The first-order valence-electron chi connectivity index (χ1n) is 9.40. The largest absolute Gasteiger partial charge is 0.497 e. The molecule has 0 unspecified atom stereocenters. The minimum absolute atomic E-state index is 0.130. The van der Waals surface area contributed by atoms with E-state index in [4.69, 9.17) is 65.5 Å². The minimum Gasteiger partial charge on any atom is -0.497 e. The van der Waals surface area contributed by atoms with Gasteiger partial charge in [0.1, 0.15) is 22.6 Å². The second-order valence-electron chi connectivity index (χ2n) is 6.17. The van der Waals surface area contributed by atoms with E-state index in [0.29, 0.717) is 34.8 Å². The van der Waals surface area contributed by atoms with E-state index in [-0.39, 0.29) is 11.1 Å². The number of halogens is 4. The lowest BCUT2D eigenvalue weighted by atomic mass is 10.2. The van der Waals surface area contributed by atoms with Crippen LogP contribution in [0.5, 0.6) is 17.2 Å². The van der Waals surface area contributed by atoms with Gasteiger partial charge in [0.2, 0.25) is 0 Å². The van der Waals surface area contributed by atoms with Gasteiger partial charge in [0.15, 0.2) is 5.75 Å². The molecule has 0 heterocycles. The molecule has 5 nitrogen and oxygen atoms in total. The molecule has 31 heavy (non-hydrogen) atoms. The van der Waals surface area contributed by atoms with Crippen molar-refractivity contribution >= 4 is 46.4 Å². The molecule has 0 fully saturated rings. The van der Waals surface area contributed by atoms with E-state index >= 15 is 0 Å². The first-order chi connectivity index (χ1) is 15.0. The summed E-state index contributed by atoms with van der Waals surface area (Å²) in [5.74, 6) is 1.74. The molecule has 0 radical (unpaired) electrons. The smallest absolute Gasteiger partial charge is 0.156 e. The van der Waals surface area contributed by atoms with Crippen LogP contribution in [-0.4, -0.2) is 20.3 Å². The Kier molecular flexibility index (Phi) is 11.8. The zero-order valence-corrected chi connectivity index (χ0v) is 19.9. The summed E-state index contributed by atoms with van der Waals surface area (Å²) in [7, 11) is 1.64. The molecule has 0 saturated carbocycles. The van der Waals surface area contributed by atoms with Gasteiger partial charge in [0.05, 0.1) is 30.4 Å². The molecule has 0 aliphatic carbocycles. The van der Waals surface area contributed by atoms with Crippen LogP contribution in [0.4, 0.5) is 0 Å². The van der Waals surface area contributed by atoms with Crippen molar-refractivity contribution in [3.8, 4) is 17.2 Å². The van der Waals surface area contributed by atoms with Crippen LogP contribution in [0.3, 0.4) is 0 Å². The van der Waals surface area contributed by atoms with Crippen LogP contribution >= 0.6 is 46.4 Å². The Hall–Kier alpha value is -1.76. The van der Waals surface area contributed by atoms with E-state index in [0.717, 1.165) is 24.2 Å². The van der Waals surface area contributed by atoms with Gasteiger partial charge < -0.3 is 14.2 Å². The molecular weight excluding hydrogens is 484 g/mol. The summed E-state index contributed by atoms with van der Waals surface area (Å²) in [6.07, 6.45) is 6.79. The fourth-order valence-electron chi connectivity index (χ4n) is 2.36. The number of allylic oxidation sites excluding steroid dienone is 1. The Bertz CT molecular complexity index is 845. The molecule has 0 spiro atoms. The van der Waals surface area contributed by atoms with Crippen LogP contribution in [0, 0.1) is 0 Å². The quantitative estimate of drug-likeness (QED) is 0.232. The van der Waals surface area contributed by atoms with E-state index in [1.807, 2.05) is 30.3 Å². The van der Waals surface area contributed by atoms with E-state index < -0.39 is 0 Å². The highest BCUT2D eigenvalue weighted by atomic mass is 35.5. The summed E-state index contributed by atoms with van der Waals surface area (Å²) in [5.41, 5.74) is 3.83. The predicted molar refractivity (Wildman–Crippen MR) is 127 cm³/mol. The number of benzene rings is 2. The summed E-state index contributed by atoms with van der Waals surface area (Å²) in [4.78, 5) is 5.38. The molecule has 0 saturated heterocycles. The van der Waals surface area contributed by atoms with Crippen molar-refractivity contribution in [1.29, 1.82) is 0 Å². The lowest BCUT2D eigenvalue weighted by Gasteiger charge is -2.12. The molecule has 0 amide bonds. The van der Waals surface area contributed by atoms with Crippen LogP contribution in [-0.2, 0) is 11.4 Å². The zero-order valence-electron chi connectivity index (χ0n) is 16.9. The maximum absolute atomic E-state index is 6.24. The standard InChI is InChI=1S/C22H23Cl4NO4/c1-28-17-7-5-16(6-8-17)15-31-27-10-3-2-4-11-30-22-19(23)13-18(14-20(22)24)29-12-9-21(25)26/h3,5-10,13-14,27H,2,4,11-12,15H2,1H3. The van der Waals surface area contributed by atoms with Crippen LogP contribution in [0.15, 0.2) is 59.2 Å². The molecule has 2 aromatic carbocycles. The molecule has 9 heteroatoms. The molecule has 0 aliphatic heterocycles. The van der Waals surface area contributed by atoms with Crippen molar-refractivity contribution < 1.29 is 19.0 Å². The number of methoxy groups -OCH3 is 1. The molecule has 168 valence electrons. The number of hydroxylamine groups is 1. The SMILES string of the molecule is COc1ccc(CONC=CCCCOc2c(Cl)cc(OCC=C(Cl)Cl)cc2Cl)cc1. The Morgan fingerprint density at radius 2 is 1.71 bits per heavy atom. The molecule has 0 aromatic heterocycles. The number of hydrogen-bond donors (Lipinski definition) is 1. The van der Waals surface area contributed by atoms with E-state index in [2.05, 4.69) is 5.48 Å². The first-order valence-corrected chi connectivity index (χ1v) is 10.9. The van der Waals surface area contributed by atoms with Crippen LogP contribution in [0.1, 0.15) is 18.4 Å². The molecule has 0 bridgehead atoms. The third-order valence-electron chi connectivity index (χ3n) is 3.89. The third-order valence-corrected chi connectivity index (χ3v) is 4.76. The van der Waals surface area contributed by atoms with Gasteiger partial charge in [-0.15, -0.1) is 0 Å². The number of unbranched alkanes of at least 4 members (excludes halogenated alkanes) is 1. The van der Waals surface area contributed by atoms with Crippen molar-refractivity contribution in [2.45, 2.75) is 19.4 Å². The molecule has 0 atom stereocenters. The molecule has 2 aromatic rings. The van der Waals surface area contributed by atoms with Crippen molar-refractivity contribution in [3.63, 3.8) is 0 Å². The van der Waals surface area contributed by atoms with Gasteiger partial charge in [-0.2, -0.15) is 0 Å². The topological polar surface area (TPSA) is 49.0 Å². The fraction of sp³-hybridized carbons (Fsp3) is 0.273. The lowest BCUT2D eigenvalue weighted by molar-refractivity contribution is 0.0573. The third kappa shape index (κ3) is 9.93. The summed E-state index contributed by atoms with van der Waals surface area (Å²) in [6, 6.07) is 10.9. The van der Waals surface area contributed by atoms with Crippen molar-refractivity contribution in [1.82, 2.24) is 5.48 Å². The number of nitrogens with one attached hydrogen (secondary N) is 1. The van der Waals surface area contributed by atoms with Crippen LogP contribution in [0.2, 0.25) is 10.0 Å². The molecular formula is C22H23Cl4NO4. The van der Waals surface area contributed by atoms with Crippen LogP contribution < -0.4 is 19.7 Å². The van der Waals surface area contributed by atoms with Gasteiger partial charge in [-0.05, 0) is 36.6 Å². The van der Waals surface area contributed by atoms with E-state index in [1.165, 1.54) is 6.08 Å². The van der Waals surface area contributed by atoms with Gasteiger partial charge in [-0.3, -0.25) is 10.3 Å². The van der Waals surface area contributed by atoms with Crippen molar-refractivity contribution in [2.75, 3.05) is 20.3 Å². The number of ether oxygens (including phenoxy) is 3. The van der Waals surface area contributed by atoms with E-state index in [9.17, 15) is 0 Å². The lowest BCUT2D eigenvalue weighted by Crippen LogP contribution is -2.06. The Labute approximate surface area is 202 Å². The minimum atomic E-state index is 0.130. The monoisotopic (exact) mass is 505 g/mol. The second-order valence-corrected chi connectivity index (χ2v) is 7.99. The van der Waals surface area contributed by atoms with Crippen LogP contribution in [0.25, 0.3) is 0 Å². The Morgan fingerprint density at radius 1 is 1.00 bits per heavy atom. The highest BCUT2D eigenvalue weighted by Gasteiger charge is 2.10. The summed E-state index contributed by atoms with van der Waals surface area (Å²) >= 11 is 23.6. The average Bonchev–Trinajstić information content (AvgIpc) is 2.74. The van der Waals surface area contributed by atoms with Crippen molar-refractivity contribution in [2.24, 2.45) is 0 Å². The van der Waals surface area contributed by atoms with Gasteiger partial charge in [0.25, 0.3) is 0 Å². The van der Waals surface area contributed by atoms with Crippen molar-refractivity contribution in [3.05, 3.63) is 74.9 Å². The number of rotatable bonds is 13. The maximum atomic E-state index is 6.24. The fourth-order valence-corrected chi connectivity index (χ4v) is 3.06. The Morgan fingerprint density at radius 3 is 2.35 bits per heavy atom. The summed E-state index contributed by atoms with van der Waals surface area (Å²) in [5, 5.41) is 0.736. The van der Waals surface area contributed by atoms with Gasteiger partial charge in [0, 0.05) is 18.3 Å². The highest BCUT2D eigenvalue weighted by Crippen LogP contribution is 2.37. The maximum Gasteiger partial charge on any atom is 0.156 e. The summed E-state index contributed by atoms with van der Waals surface area (Å²) in [6.45, 7) is 1.12. The second kappa shape index (κ2) is 14.3. The Balaban J connectivity index is 1.63. The molecule has 1 N–H and O–H groups in total. The normalized spacial score (nSPS) is 10.7. The van der Waals surface area contributed by atoms with Gasteiger partial charge >= 0.3 is 0 Å². The number of hydrogen-bond acceptors (Lipinski definition) is 5. The van der Waals surface area contributed by atoms with E-state index in [1.54, 1.807) is 25.4 Å². The predicted octanol–water partition coefficient (Wildman–Crippen LogP) is 7.09. The highest BCUT2D eigenvalue weighted by molar-refractivity contribution is 6.55. The zero-order chi connectivity index (χ0) is 22.5. The molecule has 0 aliphatic rings. The van der Waals surface area contributed by atoms with Gasteiger partial charge in [-0.25, -0.2) is 0 Å². The average molecular weight is 507 g/mol. The summed E-state index contributed by atoms with van der Waals surface area (Å²) < 4.78 is 16.4. The molecule has 2 rings (SSSR count). The van der Waals surface area contributed by atoms with Gasteiger partial charge in [-0.1, -0.05) is 64.6 Å².